The van der Waals surface area contributed by atoms with Gasteiger partial charge in [0.1, 0.15) is 17.6 Å². The van der Waals surface area contributed by atoms with E-state index in [0.717, 1.165) is 43.0 Å². The molecule has 0 spiro atoms. The first-order valence-electron chi connectivity index (χ1n) is 7.49. The summed E-state index contributed by atoms with van der Waals surface area (Å²) in [7, 11) is 2.18. The van der Waals surface area contributed by atoms with Crippen LogP contribution < -0.4 is 0 Å². The molecule has 4 heterocycles. The number of rotatable bonds is 2. The maximum atomic E-state index is 5.91. The van der Waals surface area contributed by atoms with Gasteiger partial charge in [-0.15, -0.1) is 0 Å². The highest BCUT2D eigenvalue weighted by molar-refractivity contribution is 5.71. The van der Waals surface area contributed by atoms with Crippen LogP contribution in [-0.4, -0.2) is 39.6 Å². The lowest BCUT2D eigenvalue weighted by atomic mass is 10.2. The molecule has 0 saturated carbocycles. The molecule has 2 aliphatic heterocycles. The number of hydrogen-bond acceptors (Lipinski definition) is 4. The van der Waals surface area contributed by atoms with Crippen LogP contribution >= 0.6 is 0 Å². The predicted octanol–water partition coefficient (Wildman–Crippen LogP) is 2.51. The van der Waals surface area contributed by atoms with E-state index in [0.29, 0.717) is 6.04 Å². The predicted molar refractivity (Wildman–Crippen MR) is 76.4 cm³/mol. The molecule has 20 heavy (non-hydrogen) atoms. The van der Waals surface area contributed by atoms with Gasteiger partial charge < -0.3 is 4.74 Å². The summed E-state index contributed by atoms with van der Waals surface area (Å²) in [4.78, 5) is 11.8. The lowest BCUT2D eigenvalue weighted by molar-refractivity contribution is 0.0541. The molecule has 0 bridgehead atoms. The third-order valence-electron chi connectivity index (χ3n) is 4.49. The Hall–Kier alpha value is -1.46. The molecule has 2 atom stereocenters. The Balaban J connectivity index is 1.87. The maximum absolute atomic E-state index is 5.91. The number of aromatic nitrogens is 3. The van der Waals surface area contributed by atoms with Crippen LogP contribution in [0, 0.1) is 0 Å². The topological polar surface area (TPSA) is 43.2 Å². The van der Waals surface area contributed by atoms with Crippen LogP contribution in [0.4, 0.5) is 0 Å². The minimum atomic E-state index is 0.110. The van der Waals surface area contributed by atoms with Gasteiger partial charge in [-0.2, -0.15) is 0 Å². The molecule has 2 aromatic rings. The van der Waals surface area contributed by atoms with Crippen molar-refractivity contribution < 1.29 is 4.74 Å². The Morgan fingerprint density at radius 1 is 1.30 bits per heavy atom. The molecule has 0 amide bonds. The molecule has 0 aliphatic carbocycles. The standard InChI is InChI=1S/C15H20N4O/c1-18-9-3-6-12(18)15-17-11-5-2-8-16-14(11)19(15)13-7-4-10-20-13/h2,5,8,12-13H,3-4,6-7,9-10H2,1H3. The average Bonchev–Trinajstić information content (AvgIpc) is 3.15. The van der Waals surface area contributed by atoms with Gasteiger partial charge >= 0.3 is 0 Å². The Morgan fingerprint density at radius 3 is 3.00 bits per heavy atom. The van der Waals surface area contributed by atoms with Crippen LogP contribution in [-0.2, 0) is 4.74 Å². The zero-order chi connectivity index (χ0) is 13.5. The van der Waals surface area contributed by atoms with Crippen LogP contribution in [0.2, 0.25) is 0 Å². The van der Waals surface area contributed by atoms with Gasteiger partial charge in [-0.05, 0) is 51.4 Å². The molecule has 4 rings (SSSR count). The summed E-state index contributed by atoms with van der Waals surface area (Å²) in [6.07, 6.45) is 6.55. The monoisotopic (exact) mass is 272 g/mol. The highest BCUT2D eigenvalue weighted by Gasteiger charge is 2.32. The second kappa shape index (κ2) is 4.82. The fourth-order valence-electron chi connectivity index (χ4n) is 3.47. The van der Waals surface area contributed by atoms with E-state index in [1.54, 1.807) is 0 Å². The van der Waals surface area contributed by atoms with Gasteiger partial charge in [0, 0.05) is 12.8 Å². The molecule has 0 aromatic carbocycles. The van der Waals surface area contributed by atoms with Crippen molar-refractivity contribution in [3.05, 3.63) is 24.2 Å². The number of ether oxygens (including phenoxy) is 1. The number of likely N-dealkylation sites (tertiary alicyclic amines) is 1. The summed E-state index contributed by atoms with van der Waals surface area (Å²) < 4.78 is 8.15. The number of fused-ring (bicyclic) bond motifs is 1. The van der Waals surface area contributed by atoms with Gasteiger partial charge in [0.05, 0.1) is 6.04 Å². The van der Waals surface area contributed by atoms with E-state index >= 15 is 0 Å². The lowest BCUT2D eigenvalue weighted by Gasteiger charge is -2.22. The molecule has 0 radical (unpaired) electrons. The van der Waals surface area contributed by atoms with Crippen LogP contribution in [0.15, 0.2) is 18.3 Å². The van der Waals surface area contributed by atoms with Crippen LogP contribution in [0.25, 0.3) is 11.2 Å². The van der Waals surface area contributed by atoms with Crippen molar-refractivity contribution >= 4 is 11.2 Å². The zero-order valence-electron chi connectivity index (χ0n) is 11.8. The minimum Gasteiger partial charge on any atom is -0.358 e. The summed E-state index contributed by atoms with van der Waals surface area (Å²) in [5.41, 5.74) is 1.95. The van der Waals surface area contributed by atoms with Crippen LogP contribution in [0.1, 0.15) is 43.8 Å². The first kappa shape index (κ1) is 12.3. The fourth-order valence-corrected chi connectivity index (χ4v) is 3.47. The van der Waals surface area contributed by atoms with E-state index in [1.165, 1.54) is 12.8 Å². The third kappa shape index (κ3) is 1.84. The second-order valence-corrected chi connectivity index (χ2v) is 5.79. The van der Waals surface area contributed by atoms with Crippen molar-refractivity contribution in [3.63, 3.8) is 0 Å². The van der Waals surface area contributed by atoms with Gasteiger partial charge in [0.25, 0.3) is 0 Å². The highest BCUT2D eigenvalue weighted by atomic mass is 16.5. The average molecular weight is 272 g/mol. The van der Waals surface area contributed by atoms with Crippen molar-refractivity contribution in [2.24, 2.45) is 0 Å². The number of imidazole rings is 1. The first-order chi connectivity index (χ1) is 9.84. The maximum Gasteiger partial charge on any atom is 0.162 e. The lowest BCUT2D eigenvalue weighted by Crippen LogP contribution is -2.23. The van der Waals surface area contributed by atoms with Crippen molar-refractivity contribution in [2.75, 3.05) is 20.2 Å². The minimum absolute atomic E-state index is 0.110. The van der Waals surface area contributed by atoms with E-state index in [1.807, 2.05) is 18.3 Å². The molecular formula is C15H20N4O. The zero-order valence-corrected chi connectivity index (χ0v) is 11.8. The molecular weight excluding hydrogens is 252 g/mol. The SMILES string of the molecule is CN1CCCC1c1nc2cccnc2n1C1CCCO1. The largest absolute Gasteiger partial charge is 0.358 e. The molecule has 2 unspecified atom stereocenters. The highest BCUT2D eigenvalue weighted by Crippen LogP contribution is 2.36. The number of nitrogens with zero attached hydrogens (tertiary/aromatic N) is 4. The normalized spacial score (nSPS) is 27.6. The van der Waals surface area contributed by atoms with Gasteiger partial charge in [-0.1, -0.05) is 0 Å². The molecule has 5 nitrogen and oxygen atoms in total. The van der Waals surface area contributed by atoms with E-state index in [4.69, 9.17) is 9.72 Å². The molecule has 2 fully saturated rings. The smallest absolute Gasteiger partial charge is 0.162 e. The van der Waals surface area contributed by atoms with Crippen molar-refractivity contribution in [1.29, 1.82) is 0 Å². The second-order valence-electron chi connectivity index (χ2n) is 5.79. The Kier molecular flexibility index (Phi) is 2.97. The fraction of sp³-hybridized carbons (Fsp3) is 0.600. The quantitative estimate of drug-likeness (QED) is 0.842. The van der Waals surface area contributed by atoms with Crippen molar-refractivity contribution in [3.8, 4) is 0 Å². The van der Waals surface area contributed by atoms with Crippen molar-refractivity contribution in [2.45, 2.75) is 38.0 Å². The van der Waals surface area contributed by atoms with Gasteiger partial charge in [0.15, 0.2) is 5.65 Å². The molecule has 0 N–H and O–H groups in total. The summed E-state index contributed by atoms with van der Waals surface area (Å²) in [6, 6.07) is 4.40. The molecule has 2 aromatic heterocycles. The Bertz CT molecular complexity index is 617. The number of hydrogen-bond donors (Lipinski definition) is 0. The van der Waals surface area contributed by atoms with Crippen LogP contribution in [0.3, 0.4) is 0 Å². The van der Waals surface area contributed by atoms with Gasteiger partial charge in [-0.25, -0.2) is 9.97 Å². The van der Waals surface area contributed by atoms with E-state index in [2.05, 4.69) is 21.5 Å². The summed E-state index contributed by atoms with van der Waals surface area (Å²) in [5, 5.41) is 0. The molecule has 2 aliphatic rings. The first-order valence-corrected chi connectivity index (χ1v) is 7.49. The van der Waals surface area contributed by atoms with Crippen molar-refractivity contribution in [1.82, 2.24) is 19.4 Å². The Morgan fingerprint density at radius 2 is 2.25 bits per heavy atom. The number of pyridine rings is 1. The van der Waals surface area contributed by atoms with E-state index < -0.39 is 0 Å². The van der Waals surface area contributed by atoms with Crippen LogP contribution in [0.5, 0.6) is 0 Å². The molecule has 5 heteroatoms. The summed E-state index contributed by atoms with van der Waals surface area (Å²) >= 11 is 0. The summed E-state index contributed by atoms with van der Waals surface area (Å²) in [5.74, 6) is 1.13. The Labute approximate surface area is 118 Å². The van der Waals surface area contributed by atoms with Gasteiger partial charge in [-0.3, -0.25) is 9.47 Å². The third-order valence-corrected chi connectivity index (χ3v) is 4.49. The summed E-state index contributed by atoms with van der Waals surface area (Å²) in [6.45, 7) is 1.99. The molecule has 2 saturated heterocycles. The van der Waals surface area contributed by atoms with E-state index in [9.17, 15) is 0 Å². The van der Waals surface area contributed by atoms with Gasteiger partial charge in [0.2, 0.25) is 0 Å². The van der Waals surface area contributed by atoms with E-state index in [-0.39, 0.29) is 6.23 Å². The molecule has 106 valence electrons.